The van der Waals surface area contributed by atoms with E-state index in [1.165, 1.54) is 24.3 Å². The summed E-state index contributed by atoms with van der Waals surface area (Å²) in [5.41, 5.74) is 1.19. The fraction of sp³-hybridized carbons (Fsp3) is 0.476. The zero-order valence-corrected chi connectivity index (χ0v) is 16.9. The normalized spacial score (nSPS) is 15.0. The fourth-order valence-corrected chi connectivity index (χ4v) is 3.12. The molecular formula is C21H27FN4O2. The molecule has 1 aromatic heterocycles. The summed E-state index contributed by atoms with van der Waals surface area (Å²) in [5.74, 6) is 1.23. The molecule has 3 rings (SSSR count). The van der Waals surface area contributed by atoms with E-state index < -0.39 is 0 Å². The zero-order valence-electron chi connectivity index (χ0n) is 16.9. The molecule has 2 aromatic rings. The van der Waals surface area contributed by atoms with Gasteiger partial charge in [-0.1, -0.05) is 20.8 Å². The van der Waals surface area contributed by atoms with E-state index in [1.54, 1.807) is 12.0 Å². The molecule has 0 saturated carbocycles. The third-order valence-electron chi connectivity index (χ3n) is 4.71. The van der Waals surface area contributed by atoms with Gasteiger partial charge in [0.25, 0.3) is 5.91 Å². The number of amides is 1. The topological polar surface area (TPSA) is 58.6 Å². The van der Waals surface area contributed by atoms with E-state index in [0.29, 0.717) is 38.3 Å². The lowest BCUT2D eigenvalue weighted by atomic mass is 9.95. The van der Waals surface area contributed by atoms with Gasteiger partial charge >= 0.3 is 0 Å². The van der Waals surface area contributed by atoms with Crippen molar-refractivity contribution in [2.45, 2.75) is 32.8 Å². The van der Waals surface area contributed by atoms with Gasteiger partial charge in [-0.05, 0) is 24.3 Å². The van der Waals surface area contributed by atoms with Crippen molar-refractivity contribution in [1.29, 1.82) is 0 Å². The van der Waals surface area contributed by atoms with Gasteiger partial charge in [-0.2, -0.15) is 0 Å². The van der Waals surface area contributed by atoms with Gasteiger partial charge in [0.05, 0.1) is 12.3 Å². The molecule has 0 N–H and O–H groups in total. The second kappa shape index (κ2) is 8.22. The van der Waals surface area contributed by atoms with Crippen LogP contribution in [0.1, 0.15) is 42.6 Å². The highest BCUT2D eigenvalue weighted by molar-refractivity contribution is 5.94. The zero-order chi connectivity index (χ0) is 20.3. The van der Waals surface area contributed by atoms with Crippen molar-refractivity contribution < 1.29 is 13.9 Å². The number of aromatic nitrogens is 2. The molecule has 150 valence electrons. The summed E-state index contributed by atoms with van der Waals surface area (Å²) in [4.78, 5) is 26.0. The lowest BCUT2D eigenvalue weighted by Crippen LogP contribution is -2.49. The fourth-order valence-electron chi connectivity index (χ4n) is 3.12. The Labute approximate surface area is 165 Å². The standard InChI is InChI=1S/C21H27FN4O2/c1-21(2,3)20-23-17(14-28-4)13-18(24-20)25-9-11-26(12-10-25)19(27)15-5-7-16(22)8-6-15/h5-8,13H,9-12,14H2,1-4H3. The van der Waals surface area contributed by atoms with Crippen LogP contribution in [-0.4, -0.2) is 54.1 Å². The largest absolute Gasteiger partial charge is 0.378 e. The van der Waals surface area contributed by atoms with Crippen LogP contribution in [0.15, 0.2) is 30.3 Å². The van der Waals surface area contributed by atoms with E-state index in [2.05, 4.69) is 30.7 Å². The molecule has 1 fully saturated rings. The molecule has 7 heteroatoms. The SMILES string of the molecule is COCc1cc(N2CCN(C(=O)c3ccc(F)cc3)CC2)nc(C(C)(C)C)n1. The first-order chi connectivity index (χ1) is 13.3. The van der Waals surface area contributed by atoms with Crippen molar-refractivity contribution in [3.8, 4) is 0 Å². The summed E-state index contributed by atoms with van der Waals surface area (Å²) >= 11 is 0. The predicted molar refractivity (Wildman–Crippen MR) is 106 cm³/mol. The molecule has 0 atom stereocenters. The summed E-state index contributed by atoms with van der Waals surface area (Å²) in [7, 11) is 1.65. The summed E-state index contributed by atoms with van der Waals surface area (Å²) < 4.78 is 18.3. The van der Waals surface area contributed by atoms with E-state index >= 15 is 0 Å². The van der Waals surface area contributed by atoms with Crippen LogP contribution in [0, 0.1) is 5.82 Å². The van der Waals surface area contributed by atoms with Crippen LogP contribution in [0.4, 0.5) is 10.2 Å². The van der Waals surface area contributed by atoms with Crippen molar-refractivity contribution in [3.05, 3.63) is 53.2 Å². The van der Waals surface area contributed by atoms with Gasteiger partial charge in [0.1, 0.15) is 17.5 Å². The highest BCUT2D eigenvalue weighted by Crippen LogP contribution is 2.23. The van der Waals surface area contributed by atoms with Crippen LogP contribution in [0.25, 0.3) is 0 Å². The van der Waals surface area contributed by atoms with Gasteiger partial charge in [-0.25, -0.2) is 14.4 Å². The lowest BCUT2D eigenvalue weighted by molar-refractivity contribution is 0.0746. The molecule has 2 heterocycles. The molecule has 0 aliphatic carbocycles. The first-order valence-electron chi connectivity index (χ1n) is 9.45. The van der Waals surface area contributed by atoms with Gasteiger partial charge < -0.3 is 14.5 Å². The van der Waals surface area contributed by atoms with Crippen LogP contribution in [0.3, 0.4) is 0 Å². The van der Waals surface area contributed by atoms with Crippen LogP contribution in [0.2, 0.25) is 0 Å². The number of carbonyl (C=O) groups excluding carboxylic acids is 1. The van der Waals surface area contributed by atoms with Crippen molar-refractivity contribution in [2.24, 2.45) is 0 Å². The third kappa shape index (κ3) is 4.65. The van der Waals surface area contributed by atoms with Crippen molar-refractivity contribution in [1.82, 2.24) is 14.9 Å². The Morgan fingerprint density at radius 1 is 1.11 bits per heavy atom. The Hall–Kier alpha value is -2.54. The number of methoxy groups -OCH3 is 1. The number of benzene rings is 1. The van der Waals surface area contributed by atoms with E-state index in [4.69, 9.17) is 9.72 Å². The maximum atomic E-state index is 13.1. The minimum atomic E-state index is -0.341. The van der Waals surface area contributed by atoms with E-state index in [0.717, 1.165) is 17.3 Å². The van der Waals surface area contributed by atoms with Gasteiger partial charge in [0.2, 0.25) is 0 Å². The molecule has 1 aliphatic heterocycles. The van der Waals surface area contributed by atoms with Gasteiger partial charge in [0.15, 0.2) is 0 Å². The van der Waals surface area contributed by atoms with Gasteiger partial charge in [-0.3, -0.25) is 4.79 Å². The smallest absolute Gasteiger partial charge is 0.253 e. The molecule has 0 radical (unpaired) electrons. The molecular weight excluding hydrogens is 359 g/mol. The monoisotopic (exact) mass is 386 g/mol. The molecule has 0 bridgehead atoms. The molecule has 1 aliphatic rings. The molecule has 1 saturated heterocycles. The van der Waals surface area contributed by atoms with Crippen LogP contribution >= 0.6 is 0 Å². The van der Waals surface area contributed by atoms with Gasteiger partial charge in [0, 0.05) is 50.3 Å². The third-order valence-corrected chi connectivity index (χ3v) is 4.71. The second-order valence-corrected chi connectivity index (χ2v) is 8.01. The number of carbonyl (C=O) groups is 1. The average molecular weight is 386 g/mol. The Kier molecular flexibility index (Phi) is 5.93. The highest BCUT2D eigenvalue weighted by atomic mass is 19.1. The minimum absolute atomic E-state index is 0.0715. The number of piperazine rings is 1. The average Bonchev–Trinajstić information content (AvgIpc) is 2.67. The summed E-state index contributed by atoms with van der Waals surface area (Å²) in [5, 5.41) is 0. The summed E-state index contributed by atoms with van der Waals surface area (Å²) in [6.45, 7) is 9.23. The number of ether oxygens (including phenoxy) is 1. The maximum Gasteiger partial charge on any atom is 0.253 e. The number of nitrogens with zero attached hydrogens (tertiary/aromatic N) is 4. The van der Waals surface area contributed by atoms with E-state index in [1.807, 2.05) is 6.07 Å². The van der Waals surface area contributed by atoms with Crippen LogP contribution in [0.5, 0.6) is 0 Å². The molecule has 0 unspecified atom stereocenters. The molecule has 1 amide bonds. The lowest BCUT2D eigenvalue weighted by Gasteiger charge is -2.36. The predicted octanol–water partition coefficient (Wildman–Crippen LogP) is 3.02. The summed E-state index contributed by atoms with van der Waals surface area (Å²) in [6, 6.07) is 7.64. The van der Waals surface area contributed by atoms with E-state index in [9.17, 15) is 9.18 Å². The molecule has 6 nitrogen and oxygen atoms in total. The first-order valence-corrected chi connectivity index (χ1v) is 9.45. The summed E-state index contributed by atoms with van der Waals surface area (Å²) in [6.07, 6.45) is 0. The Morgan fingerprint density at radius 2 is 1.75 bits per heavy atom. The first kappa shape index (κ1) is 20.2. The molecule has 1 aromatic carbocycles. The number of anilines is 1. The minimum Gasteiger partial charge on any atom is -0.378 e. The Bertz CT molecular complexity index is 825. The quantitative estimate of drug-likeness (QED) is 0.808. The van der Waals surface area contributed by atoms with E-state index in [-0.39, 0.29) is 17.1 Å². The Balaban J connectivity index is 1.73. The van der Waals surface area contributed by atoms with Crippen LogP contribution in [-0.2, 0) is 16.8 Å². The van der Waals surface area contributed by atoms with Crippen molar-refractivity contribution in [2.75, 3.05) is 38.2 Å². The number of hydrogen-bond acceptors (Lipinski definition) is 5. The molecule has 0 spiro atoms. The van der Waals surface area contributed by atoms with Crippen molar-refractivity contribution in [3.63, 3.8) is 0 Å². The number of hydrogen-bond donors (Lipinski definition) is 0. The van der Waals surface area contributed by atoms with Crippen molar-refractivity contribution >= 4 is 11.7 Å². The second-order valence-electron chi connectivity index (χ2n) is 8.01. The highest BCUT2D eigenvalue weighted by Gasteiger charge is 2.25. The number of halogens is 1. The van der Waals surface area contributed by atoms with Crippen LogP contribution < -0.4 is 4.90 Å². The van der Waals surface area contributed by atoms with Gasteiger partial charge in [-0.15, -0.1) is 0 Å². The molecule has 28 heavy (non-hydrogen) atoms. The number of rotatable bonds is 4. The Morgan fingerprint density at radius 3 is 2.32 bits per heavy atom. The maximum absolute atomic E-state index is 13.1.